The lowest BCUT2D eigenvalue weighted by atomic mass is 9.92. The molecule has 3 saturated heterocycles. The first-order chi connectivity index (χ1) is 23.9. The van der Waals surface area contributed by atoms with Gasteiger partial charge in [-0.1, -0.05) is 38.3 Å². The van der Waals surface area contributed by atoms with E-state index >= 15 is 0 Å². The topological polar surface area (TPSA) is 258 Å². The van der Waals surface area contributed by atoms with E-state index in [1.165, 1.54) is 6.92 Å². The highest BCUT2D eigenvalue weighted by atomic mass is 16.7. The molecule has 14 atom stereocenters. The minimum Gasteiger partial charge on any atom is -0.494 e. The zero-order valence-electron chi connectivity index (χ0n) is 28.3. The molecule has 0 aliphatic carbocycles. The Bertz CT molecular complexity index is 1160. The number of aliphatic carboxylic acids is 1. The minimum absolute atomic E-state index is 0.0922. The van der Waals surface area contributed by atoms with Crippen LogP contribution in [0.4, 0.5) is 0 Å². The molecular formula is C33H53NO16. The third-order valence-corrected chi connectivity index (χ3v) is 9.35. The van der Waals surface area contributed by atoms with Crippen molar-refractivity contribution in [3.63, 3.8) is 0 Å². The van der Waals surface area contributed by atoms with Gasteiger partial charge in [-0.2, -0.15) is 0 Å². The van der Waals surface area contributed by atoms with Gasteiger partial charge in [-0.05, 0) is 31.0 Å². The summed E-state index contributed by atoms with van der Waals surface area (Å²) in [5, 5.41) is 94.1. The van der Waals surface area contributed by atoms with E-state index in [-0.39, 0.29) is 13.1 Å². The Labute approximate surface area is 290 Å². The van der Waals surface area contributed by atoms with Gasteiger partial charge in [0, 0.05) is 13.1 Å². The highest BCUT2D eigenvalue weighted by Crippen LogP contribution is 2.33. The van der Waals surface area contributed by atoms with Gasteiger partial charge in [0.2, 0.25) is 0 Å². The predicted octanol–water partition coefficient (Wildman–Crippen LogP) is -2.31. The van der Waals surface area contributed by atoms with Crippen LogP contribution in [0.1, 0.15) is 45.1 Å². The summed E-state index contributed by atoms with van der Waals surface area (Å²) in [6.45, 7) is 2.10. The van der Waals surface area contributed by atoms with Gasteiger partial charge in [0.05, 0.1) is 38.1 Å². The summed E-state index contributed by atoms with van der Waals surface area (Å²) in [6, 6.07) is 6.38. The molecule has 0 radical (unpaired) electrons. The molecule has 1 aromatic rings. The molecule has 17 nitrogen and oxygen atoms in total. The number of aliphatic hydroxyl groups is 8. The van der Waals surface area contributed by atoms with E-state index in [0.29, 0.717) is 12.4 Å². The summed E-state index contributed by atoms with van der Waals surface area (Å²) in [5.41, 5.74) is 0.803. The first-order valence-electron chi connectivity index (χ1n) is 17.1. The van der Waals surface area contributed by atoms with Crippen molar-refractivity contribution >= 4 is 5.97 Å². The second kappa shape index (κ2) is 19.1. The molecule has 0 saturated carbocycles. The minimum atomic E-state index is -1.81. The van der Waals surface area contributed by atoms with Crippen LogP contribution in [-0.4, -0.2) is 176 Å². The highest BCUT2D eigenvalue weighted by Gasteiger charge is 2.53. The molecule has 3 aliphatic rings. The van der Waals surface area contributed by atoms with Crippen LogP contribution in [0.15, 0.2) is 24.3 Å². The summed E-state index contributed by atoms with van der Waals surface area (Å²) in [6.07, 6.45) is -15.4. The van der Waals surface area contributed by atoms with Gasteiger partial charge in [0.1, 0.15) is 67.3 Å². The Hall–Kier alpha value is -2.07. The Morgan fingerprint density at radius 2 is 1.50 bits per heavy atom. The molecule has 50 heavy (non-hydrogen) atoms. The maximum Gasteiger partial charge on any atom is 0.329 e. The van der Waals surface area contributed by atoms with Gasteiger partial charge in [0.15, 0.2) is 12.6 Å². The maximum atomic E-state index is 11.5. The fourth-order valence-corrected chi connectivity index (χ4v) is 6.47. The molecule has 0 bridgehead atoms. The summed E-state index contributed by atoms with van der Waals surface area (Å²) < 4.78 is 34.5. The number of ether oxygens (including phenoxy) is 6. The first kappa shape index (κ1) is 40.7. The summed E-state index contributed by atoms with van der Waals surface area (Å²) in [4.78, 5) is 12.9. The van der Waals surface area contributed by atoms with Crippen LogP contribution in [0.25, 0.3) is 0 Å². The Morgan fingerprint density at radius 3 is 2.14 bits per heavy atom. The number of rotatable bonds is 17. The lowest BCUT2D eigenvalue weighted by Crippen LogP contribution is -2.68. The van der Waals surface area contributed by atoms with Crippen LogP contribution >= 0.6 is 0 Å². The number of carboxylic acids is 1. The zero-order valence-corrected chi connectivity index (χ0v) is 28.3. The smallest absolute Gasteiger partial charge is 0.329 e. The van der Waals surface area contributed by atoms with Crippen LogP contribution < -0.4 is 4.74 Å². The third-order valence-electron chi connectivity index (χ3n) is 9.35. The number of β-amino-alcohol motifs (C(OH)–C–C–N with tert-alkyl or cyclic N) is 1. The Morgan fingerprint density at radius 1 is 0.820 bits per heavy atom. The molecule has 0 spiro atoms. The van der Waals surface area contributed by atoms with E-state index in [2.05, 4.69) is 6.92 Å². The number of unbranched alkanes of at least 4 members (excludes halogenated alkanes) is 3. The van der Waals surface area contributed by atoms with Crippen LogP contribution in [0, 0.1) is 0 Å². The number of likely N-dealkylation sites (tertiary alicyclic amines) is 1. The maximum absolute atomic E-state index is 11.5. The molecule has 0 unspecified atom stereocenters. The van der Waals surface area contributed by atoms with Gasteiger partial charge in [-0.25, -0.2) is 4.79 Å². The van der Waals surface area contributed by atoms with Gasteiger partial charge in [0.25, 0.3) is 0 Å². The first-order valence-corrected chi connectivity index (χ1v) is 17.1. The summed E-state index contributed by atoms with van der Waals surface area (Å²) in [7, 11) is 0. The number of nitrogens with zero attached hydrogens (tertiary/aromatic N) is 1. The van der Waals surface area contributed by atoms with E-state index in [0.717, 1.165) is 31.2 Å². The standard InChI is InChI=1S/C33H53NO16/c1-3-4-5-6-11-45-19-9-7-18(8-10-19)12-34-13-21(37)30(29(20(34)14-35)49-32-27(43)26(42)24(40)17(2)47-32)50-33-28(44)31(46-16-23(38)39)25(41)22(15-36)48-33/h7-10,17,20-22,24-33,35-37,40-44H,3-6,11-16H2,1-2H3,(H,38,39)/t17-,20+,21-,22+,24+,25-,26+,27-,28+,29+,30+,31-,32-,33-/m0/s1. The van der Waals surface area contributed by atoms with Crippen molar-refractivity contribution in [2.24, 2.45) is 0 Å². The van der Waals surface area contributed by atoms with Gasteiger partial charge >= 0.3 is 5.97 Å². The number of carboxylic acid groups (broad SMARTS) is 1. The fraction of sp³-hybridized carbons (Fsp3) is 0.788. The Kier molecular flexibility index (Phi) is 15.6. The number of hydrogen-bond donors (Lipinski definition) is 9. The van der Waals surface area contributed by atoms with Crippen LogP contribution in [0.5, 0.6) is 5.75 Å². The monoisotopic (exact) mass is 719 g/mol. The van der Waals surface area contributed by atoms with Gasteiger partial charge in [-0.15, -0.1) is 0 Å². The van der Waals surface area contributed by atoms with Crippen molar-refractivity contribution in [2.75, 3.05) is 33.0 Å². The van der Waals surface area contributed by atoms with Crippen molar-refractivity contribution in [3.8, 4) is 5.75 Å². The fourth-order valence-electron chi connectivity index (χ4n) is 6.47. The lowest BCUT2D eigenvalue weighted by Gasteiger charge is -2.50. The molecule has 3 fully saturated rings. The van der Waals surface area contributed by atoms with E-state index < -0.39 is 112 Å². The molecule has 4 rings (SSSR count). The summed E-state index contributed by atoms with van der Waals surface area (Å²) >= 11 is 0. The van der Waals surface area contributed by atoms with Gasteiger partial charge in [-0.3, -0.25) is 4.90 Å². The predicted molar refractivity (Wildman–Crippen MR) is 171 cm³/mol. The normalized spacial score (nSPS) is 38.2. The number of piperidine rings is 1. The van der Waals surface area contributed by atoms with E-state index in [1.807, 2.05) is 24.3 Å². The van der Waals surface area contributed by atoms with Crippen molar-refractivity contribution in [2.45, 2.75) is 132 Å². The second-order valence-electron chi connectivity index (χ2n) is 13.1. The number of aliphatic hydroxyl groups excluding tert-OH is 8. The third kappa shape index (κ3) is 10.1. The highest BCUT2D eigenvalue weighted by molar-refractivity contribution is 5.68. The molecule has 3 aliphatic heterocycles. The van der Waals surface area contributed by atoms with Crippen molar-refractivity contribution in [3.05, 3.63) is 29.8 Å². The average molecular weight is 720 g/mol. The van der Waals surface area contributed by atoms with E-state index in [1.54, 1.807) is 4.90 Å². The van der Waals surface area contributed by atoms with Crippen LogP contribution in [-0.2, 0) is 35.0 Å². The molecule has 1 aromatic carbocycles. The van der Waals surface area contributed by atoms with Crippen molar-refractivity contribution in [1.29, 1.82) is 0 Å². The largest absolute Gasteiger partial charge is 0.494 e. The second-order valence-corrected chi connectivity index (χ2v) is 13.1. The quantitative estimate of drug-likeness (QED) is 0.0767. The molecule has 0 amide bonds. The number of carbonyl (C=O) groups is 1. The molecule has 17 heteroatoms. The average Bonchev–Trinajstić information content (AvgIpc) is 3.09. The van der Waals surface area contributed by atoms with E-state index in [9.17, 15) is 45.6 Å². The molecule has 9 N–H and O–H groups in total. The van der Waals surface area contributed by atoms with Crippen LogP contribution in [0.3, 0.4) is 0 Å². The van der Waals surface area contributed by atoms with Crippen molar-refractivity contribution < 1.29 is 79.2 Å². The Balaban J connectivity index is 1.56. The summed E-state index contributed by atoms with van der Waals surface area (Å²) in [5.74, 6) is -0.688. The SMILES string of the molecule is CCCCCCOc1ccc(CN2C[C@H](O)[C@@H](O[C@@H]3O[C@H](CO)[C@H](O)[C@H](OCC(=O)O)[C@H]3O)[C@H](O[C@@H]3O[C@@H](C)[C@@H](O)[C@@H](O)[C@@H]3O)[C@H]2CO)cc1. The molecule has 286 valence electrons. The molecule has 3 heterocycles. The molecular weight excluding hydrogens is 666 g/mol. The van der Waals surface area contributed by atoms with E-state index in [4.69, 9.17) is 33.5 Å². The van der Waals surface area contributed by atoms with Crippen LogP contribution in [0.2, 0.25) is 0 Å². The zero-order chi connectivity index (χ0) is 36.5. The number of benzene rings is 1. The van der Waals surface area contributed by atoms with Gasteiger partial charge < -0.3 is 74.4 Å². The number of hydrogen-bond acceptors (Lipinski definition) is 16. The molecule has 0 aromatic heterocycles. The lowest BCUT2D eigenvalue weighted by molar-refractivity contribution is -0.357. The van der Waals surface area contributed by atoms with Crippen molar-refractivity contribution in [1.82, 2.24) is 4.90 Å².